The molecule has 0 aromatic heterocycles. The number of ether oxygens (including phenoxy) is 1. The Labute approximate surface area is 70.1 Å². The SMILES string of the molecule is CO/N=C1\C=CC(=O)C(OC)=C1. The zero-order chi connectivity index (χ0) is 8.97. The number of carbonyl (C=O) groups is 1. The van der Waals surface area contributed by atoms with Crippen LogP contribution < -0.4 is 0 Å². The van der Waals surface area contributed by atoms with E-state index in [4.69, 9.17) is 4.74 Å². The Hall–Kier alpha value is -1.58. The molecule has 1 aliphatic carbocycles. The van der Waals surface area contributed by atoms with Gasteiger partial charge in [0.1, 0.15) is 12.8 Å². The zero-order valence-electron chi connectivity index (χ0n) is 6.90. The third-order valence-corrected chi connectivity index (χ3v) is 1.34. The predicted octanol–water partition coefficient (Wildman–Crippen LogP) is 0.658. The zero-order valence-corrected chi connectivity index (χ0v) is 6.90. The quantitative estimate of drug-likeness (QED) is 0.448. The van der Waals surface area contributed by atoms with Gasteiger partial charge in [0.25, 0.3) is 0 Å². The Kier molecular flexibility index (Phi) is 2.63. The van der Waals surface area contributed by atoms with Crippen LogP contribution in [0.1, 0.15) is 0 Å². The van der Waals surface area contributed by atoms with Crippen LogP contribution in [0.15, 0.2) is 29.1 Å². The largest absolute Gasteiger partial charge is 0.493 e. The lowest BCUT2D eigenvalue weighted by Crippen LogP contribution is -2.09. The summed E-state index contributed by atoms with van der Waals surface area (Å²) in [6.45, 7) is 0. The molecule has 0 aromatic carbocycles. The third-order valence-electron chi connectivity index (χ3n) is 1.34. The molecule has 0 unspecified atom stereocenters. The number of nitrogens with zero attached hydrogens (tertiary/aromatic N) is 1. The molecule has 0 saturated heterocycles. The van der Waals surface area contributed by atoms with E-state index in [1.807, 2.05) is 0 Å². The van der Waals surface area contributed by atoms with Gasteiger partial charge in [-0.05, 0) is 12.2 Å². The summed E-state index contributed by atoms with van der Waals surface area (Å²) < 4.78 is 4.80. The molecule has 1 rings (SSSR count). The van der Waals surface area contributed by atoms with E-state index in [9.17, 15) is 4.79 Å². The Morgan fingerprint density at radius 3 is 2.67 bits per heavy atom. The lowest BCUT2D eigenvalue weighted by Gasteiger charge is -2.05. The normalized spacial score (nSPS) is 19.3. The molecule has 0 spiro atoms. The molecule has 1 aliphatic rings. The minimum absolute atomic E-state index is 0.160. The standard InChI is InChI=1S/C8H9NO3/c1-11-8-5-6(9-12-2)3-4-7(8)10/h3-5H,1-2H3/b9-6+. The highest BCUT2D eigenvalue weighted by Gasteiger charge is 2.11. The predicted molar refractivity (Wildman–Crippen MR) is 43.7 cm³/mol. The van der Waals surface area contributed by atoms with Gasteiger partial charge in [0.15, 0.2) is 5.76 Å². The number of hydrogen-bond donors (Lipinski definition) is 0. The van der Waals surface area contributed by atoms with Crippen LogP contribution in [-0.4, -0.2) is 25.7 Å². The maximum absolute atomic E-state index is 11.0. The van der Waals surface area contributed by atoms with Crippen molar-refractivity contribution in [3.05, 3.63) is 24.0 Å². The van der Waals surface area contributed by atoms with Crippen molar-refractivity contribution in [2.45, 2.75) is 0 Å². The lowest BCUT2D eigenvalue weighted by atomic mass is 10.1. The molecule has 0 saturated carbocycles. The van der Waals surface area contributed by atoms with Gasteiger partial charge in [-0.25, -0.2) is 0 Å². The highest BCUT2D eigenvalue weighted by Crippen LogP contribution is 2.06. The summed E-state index contributed by atoms with van der Waals surface area (Å²) in [5.74, 6) is 0.112. The first kappa shape index (κ1) is 8.52. The molecule has 0 radical (unpaired) electrons. The third kappa shape index (κ3) is 1.72. The molecular weight excluding hydrogens is 158 g/mol. The van der Waals surface area contributed by atoms with E-state index in [0.29, 0.717) is 5.71 Å². The Morgan fingerprint density at radius 1 is 1.33 bits per heavy atom. The van der Waals surface area contributed by atoms with Crippen LogP contribution in [-0.2, 0) is 14.4 Å². The van der Waals surface area contributed by atoms with Crippen molar-refractivity contribution >= 4 is 11.5 Å². The molecule has 12 heavy (non-hydrogen) atoms. The van der Waals surface area contributed by atoms with E-state index in [1.165, 1.54) is 26.4 Å². The smallest absolute Gasteiger partial charge is 0.220 e. The summed E-state index contributed by atoms with van der Waals surface area (Å²) in [7, 11) is 2.88. The van der Waals surface area contributed by atoms with Crippen LogP contribution in [0, 0.1) is 0 Å². The molecule has 0 fully saturated rings. The van der Waals surface area contributed by atoms with Crippen molar-refractivity contribution in [2.24, 2.45) is 5.16 Å². The second-order valence-electron chi connectivity index (χ2n) is 2.11. The van der Waals surface area contributed by atoms with E-state index in [-0.39, 0.29) is 11.5 Å². The van der Waals surface area contributed by atoms with E-state index >= 15 is 0 Å². The highest BCUT2D eigenvalue weighted by atomic mass is 16.6. The number of ketones is 1. The van der Waals surface area contributed by atoms with Crippen LogP contribution in [0.2, 0.25) is 0 Å². The number of oxime groups is 1. The maximum atomic E-state index is 11.0. The van der Waals surface area contributed by atoms with Crippen LogP contribution in [0.4, 0.5) is 0 Å². The van der Waals surface area contributed by atoms with Crippen LogP contribution in [0.3, 0.4) is 0 Å². The molecule has 0 aromatic rings. The minimum Gasteiger partial charge on any atom is -0.493 e. The fraction of sp³-hybridized carbons (Fsp3) is 0.250. The number of allylic oxidation sites excluding steroid dienone is 3. The van der Waals surface area contributed by atoms with Crippen molar-refractivity contribution in [1.29, 1.82) is 0 Å². The molecule has 0 N–H and O–H groups in total. The van der Waals surface area contributed by atoms with Crippen molar-refractivity contribution in [1.82, 2.24) is 0 Å². The van der Waals surface area contributed by atoms with Gasteiger partial charge in [-0.3, -0.25) is 4.79 Å². The summed E-state index contributed by atoms with van der Waals surface area (Å²) in [6, 6.07) is 0. The Morgan fingerprint density at radius 2 is 2.08 bits per heavy atom. The van der Waals surface area contributed by atoms with Gasteiger partial charge < -0.3 is 9.57 Å². The molecule has 0 atom stereocenters. The first-order chi connectivity index (χ1) is 5.77. The fourth-order valence-electron chi connectivity index (χ4n) is 0.818. The summed E-state index contributed by atoms with van der Waals surface area (Å²) in [5.41, 5.74) is 0.564. The maximum Gasteiger partial charge on any atom is 0.220 e. The molecule has 4 nitrogen and oxygen atoms in total. The van der Waals surface area contributed by atoms with E-state index in [1.54, 1.807) is 6.08 Å². The van der Waals surface area contributed by atoms with Crippen LogP contribution in [0.5, 0.6) is 0 Å². The molecule has 64 valence electrons. The van der Waals surface area contributed by atoms with Crippen LogP contribution in [0.25, 0.3) is 0 Å². The molecular formula is C8H9NO3. The Bertz CT molecular complexity index is 276. The Balaban J connectivity index is 2.86. The number of methoxy groups -OCH3 is 1. The van der Waals surface area contributed by atoms with E-state index in [0.717, 1.165) is 0 Å². The van der Waals surface area contributed by atoms with Crippen molar-refractivity contribution < 1.29 is 14.4 Å². The van der Waals surface area contributed by atoms with Gasteiger partial charge in [0, 0.05) is 6.08 Å². The first-order valence-corrected chi connectivity index (χ1v) is 3.37. The monoisotopic (exact) mass is 167 g/mol. The molecule has 0 heterocycles. The molecule has 0 bridgehead atoms. The highest BCUT2D eigenvalue weighted by molar-refractivity contribution is 6.18. The van der Waals surface area contributed by atoms with Crippen LogP contribution >= 0.6 is 0 Å². The van der Waals surface area contributed by atoms with E-state index in [2.05, 4.69) is 9.99 Å². The van der Waals surface area contributed by atoms with Gasteiger partial charge >= 0.3 is 0 Å². The second kappa shape index (κ2) is 3.71. The summed E-state index contributed by atoms with van der Waals surface area (Å²) in [6.07, 6.45) is 4.47. The summed E-state index contributed by atoms with van der Waals surface area (Å²) in [5, 5.41) is 3.64. The van der Waals surface area contributed by atoms with Crippen molar-refractivity contribution in [2.75, 3.05) is 14.2 Å². The van der Waals surface area contributed by atoms with Crippen molar-refractivity contribution in [3.63, 3.8) is 0 Å². The van der Waals surface area contributed by atoms with Gasteiger partial charge in [0.2, 0.25) is 5.78 Å². The molecule has 0 aliphatic heterocycles. The van der Waals surface area contributed by atoms with Gasteiger partial charge in [-0.1, -0.05) is 5.16 Å². The summed E-state index contributed by atoms with van der Waals surface area (Å²) in [4.78, 5) is 15.5. The minimum atomic E-state index is -0.160. The number of hydrogen-bond acceptors (Lipinski definition) is 4. The average molecular weight is 167 g/mol. The van der Waals surface area contributed by atoms with Gasteiger partial charge in [-0.15, -0.1) is 0 Å². The fourth-order valence-corrected chi connectivity index (χ4v) is 0.818. The van der Waals surface area contributed by atoms with Gasteiger partial charge in [0.05, 0.1) is 7.11 Å². The van der Waals surface area contributed by atoms with Gasteiger partial charge in [-0.2, -0.15) is 0 Å². The first-order valence-electron chi connectivity index (χ1n) is 3.37. The average Bonchev–Trinajstić information content (AvgIpc) is 2.09. The number of carbonyl (C=O) groups excluding carboxylic acids is 1. The topological polar surface area (TPSA) is 47.9 Å². The molecule has 0 amide bonds. The van der Waals surface area contributed by atoms with Crippen molar-refractivity contribution in [3.8, 4) is 0 Å². The molecule has 4 heteroatoms. The summed E-state index contributed by atoms with van der Waals surface area (Å²) >= 11 is 0. The lowest BCUT2D eigenvalue weighted by molar-refractivity contribution is -0.114. The second-order valence-corrected chi connectivity index (χ2v) is 2.11. The number of rotatable bonds is 2. The van der Waals surface area contributed by atoms with E-state index < -0.39 is 0 Å².